The Balaban J connectivity index is 0.00000175. The first-order chi connectivity index (χ1) is 64.2. The predicted molar refractivity (Wildman–Crippen MR) is 511 cm³/mol. The standard InChI is InChI=1S/C32H52N6O8.C18H28N4O4.2C15H23N3O3.C12H18N2O2.C3H5NO.FN.V/c1-9-37(21-39)25(41)35-23-13-29(3,4)17-31(7,15-23)19-33-27(43)45-11-12-46-28(44)34-20-32(8)16-24(14-30(5,6)18-32)36-26(42)38(10-2)22-40;1-6-21(12-23)15(25)19-11-18(5)9-14(8-17(3,4)10-18)20-16(26)22(7-2)13-24;1-5-18(11-20)13(21)16-9-15(4)7-12(17-10-19)6-14(2,3)8-15;1-5-18(11-20)13(21)17-12-6-14(2,3)8-15(4,7-12)9-16-10-19;1-11(2)4-10(14-9-16)5-12(3,6-11)7-13-8-15;1-2-4-3-5;1-2;/h9-10,21-24H,1-2,11-20H2,3-8H3,(H,33,43)(H,34,44)(H,35,41)(H,36,42);6-7,12-14H,1-2,8-11H2,3-5H3,(H,19,25)(H,20,26);5,11-12H,1,6-9H2,2-4H3,(H,16,21);5,11-12H,1,6-9H2,2-4H3,(H,17,21);10H,4-7H2,1-3H3;2-3H,1H2,(H,4,5);;. The topological polar surface area (TPSA) is 532 Å². The van der Waals surface area contributed by atoms with Gasteiger partial charge in [-0.05, 0) is 187 Å². The van der Waals surface area contributed by atoms with Crippen molar-refractivity contribution in [1.29, 1.82) is 0 Å². The van der Waals surface area contributed by atoms with E-state index in [1.165, 1.54) is 29.6 Å². The maximum atomic E-state index is 12.4. The number of isocyanates is 4. The van der Waals surface area contributed by atoms with Crippen LogP contribution in [0.15, 0.2) is 113 Å². The van der Waals surface area contributed by atoms with Crippen LogP contribution in [-0.4, -0.2) is 236 Å². The van der Waals surface area contributed by atoms with E-state index in [-0.39, 0.29) is 114 Å². The van der Waals surface area contributed by atoms with Gasteiger partial charge in [-0.25, -0.2) is 107 Å². The molecular formula is C95H149FN20O21V. The van der Waals surface area contributed by atoms with E-state index in [1.54, 1.807) is 24.3 Å². The Kier molecular flexibility index (Phi) is 53.8. The summed E-state index contributed by atoms with van der Waals surface area (Å²) >= 11 is 1.42. The molecule has 6 aliphatic rings. The molecule has 21 amide bonds. The van der Waals surface area contributed by atoms with Gasteiger partial charge in [-0.2, -0.15) is 0 Å². The van der Waals surface area contributed by atoms with E-state index < -0.39 is 48.4 Å². The van der Waals surface area contributed by atoms with Crippen molar-refractivity contribution >= 4 is 118 Å². The molecule has 0 spiro atoms. The summed E-state index contributed by atoms with van der Waals surface area (Å²) in [5.41, 5.74) is -1.55. The van der Waals surface area contributed by atoms with Gasteiger partial charge in [0.25, 0.3) is 0 Å². The number of hydrogen-bond acceptors (Lipinski definition) is 26. The van der Waals surface area contributed by atoms with Crippen LogP contribution in [0.1, 0.15) is 240 Å². The molecule has 6 aliphatic carbocycles. The third-order valence-electron chi connectivity index (χ3n) is 24.1. The van der Waals surface area contributed by atoms with Gasteiger partial charge in [0, 0.05) is 87.5 Å². The molecule has 138 heavy (non-hydrogen) atoms. The van der Waals surface area contributed by atoms with E-state index in [1.807, 2.05) is 24.8 Å². The van der Waals surface area contributed by atoms with Crippen molar-refractivity contribution in [2.45, 2.75) is 276 Å². The first-order valence-electron chi connectivity index (χ1n) is 44.9. The van der Waals surface area contributed by atoms with Crippen molar-refractivity contribution in [2.24, 2.45) is 89.0 Å². The van der Waals surface area contributed by atoms with Gasteiger partial charge in [-0.3, -0.25) is 33.6 Å². The molecule has 12 atom stereocenters. The van der Waals surface area contributed by atoms with E-state index in [4.69, 9.17) is 9.47 Å². The van der Waals surface area contributed by atoms with Crippen molar-refractivity contribution < 1.29 is 122 Å². The molecule has 0 radical (unpaired) electrons. The van der Waals surface area contributed by atoms with Crippen molar-refractivity contribution in [3.05, 3.63) is 89.5 Å². The van der Waals surface area contributed by atoms with Gasteiger partial charge in [-0.15, -0.1) is 0 Å². The van der Waals surface area contributed by atoms with E-state index in [0.29, 0.717) is 129 Å². The van der Waals surface area contributed by atoms with Gasteiger partial charge in [0.15, 0.2) is 0 Å². The van der Waals surface area contributed by atoms with Crippen molar-refractivity contribution in [1.82, 2.24) is 77.3 Å². The number of alkyl carbamates (subject to hydrolysis) is 2. The summed E-state index contributed by atoms with van der Waals surface area (Å²) in [7, 11) is 0. The molecule has 9 N–H and O–H groups in total. The molecule has 767 valence electrons. The molecule has 6 fully saturated rings. The van der Waals surface area contributed by atoms with Gasteiger partial charge >= 0.3 is 74.1 Å². The van der Waals surface area contributed by atoms with Crippen LogP contribution in [0.5, 0.6) is 0 Å². The molecule has 12 unspecified atom stereocenters. The quantitative estimate of drug-likeness (QED) is 0.0123. The zero-order chi connectivity index (χ0) is 106. The summed E-state index contributed by atoms with van der Waals surface area (Å²) in [4.78, 5) is 233. The van der Waals surface area contributed by atoms with E-state index >= 15 is 0 Å². The fourth-order valence-corrected chi connectivity index (χ4v) is 21.4. The summed E-state index contributed by atoms with van der Waals surface area (Å²) in [5.74, 6) is 0. The Bertz CT molecular complexity index is 4270. The van der Waals surface area contributed by atoms with Crippen LogP contribution in [0.4, 0.5) is 42.8 Å². The minimum atomic E-state index is -0.650. The minimum absolute atomic E-state index is 0.00750. The number of nitrogens with one attached hydrogen (secondary N) is 9. The number of aliphatic imine (C=N–C) groups is 4. The number of amides is 21. The molecule has 0 heterocycles. The molecule has 0 aliphatic heterocycles. The number of carbonyl (C=O) groups excluding carboxylic acids is 19. The first-order valence-corrected chi connectivity index (χ1v) is 45.6. The zero-order valence-electron chi connectivity index (χ0n) is 83.7. The molecule has 41 nitrogen and oxygen atoms in total. The Hall–Kier alpha value is -12.3. The normalized spacial score (nSPS) is 25.5. The summed E-state index contributed by atoms with van der Waals surface area (Å²) in [6.45, 7) is 63.4. The Morgan fingerprint density at radius 3 is 0.783 bits per heavy atom. The second kappa shape index (κ2) is 59.1. The number of imide groups is 6. The van der Waals surface area contributed by atoms with Gasteiger partial charge in [0.2, 0.25) is 69.2 Å². The molecule has 0 aromatic rings. The summed E-state index contributed by atoms with van der Waals surface area (Å²) < 4.78 is 22.2. The van der Waals surface area contributed by atoms with Crippen LogP contribution in [0.25, 0.3) is 0 Å². The van der Waals surface area contributed by atoms with Crippen LogP contribution in [0.2, 0.25) is 0 Å². The average molecular weight is 1980 g/mol. The third kappa shape index (κ3) is 48.1. The number of carbonyl (C=O) groups is 15. The number of rotatable bonds is 35. The Morgan fingerprint density at radius 1 is 0.341 bits per heavy atom. The van der Waals surface area contributed by atoms with Crippen molar-refractivity contribution in [3.63, 3.8) is 0 Å². The van der Waals surface area contributed by atoms with Crippen molar-refractivity contribution in [2.75, 3.05) is 52.5 Å². The third-order valence-corrected chi connectivity index (χ3v) is 24.1. The molecule has 6 rings (SSSR count). The fourth-order valence-electron chi connectivity index (χ4n) is 21.4. The van der Waals surface area contributed by atoms with E-state index in [2.05, 4.69) is 218 Å². The molecule has 43 heteroatoms. The summed E-state index contributed by atoms with van der Waals surface area (Å²) in [6.07, 6.45) is 30.3. The molecule has 6 saturated carbocycles. The predicted octanol–water partition coefficient (Wildman–Crippen LogP) is 13.6. The van der Waals surface area contributed by atoms with Crippen LogP contribution in [0.3, 0.4) is 0 Å². The number of ether oxygens (including phenoxy) is 2. The number of nitrogens with zero attached hydrogens (tertiary/aromatic N) is 11. The average Bonchev–Trinajstić information content (AvgIpc) is 1.00. The van der Waals surface area contributed by atoms with Crippen LogP contribution >= 0.6 is 0 Å². The van der Waals surface area contributed by atoms with Gasteiger partial charge in [0.05, 0.1) is 25.2 Å². The second-order valence-corrected chi connectivity index (χ2v) is 42.8. The van der Waals surface area contributed by atoms with Crippen molar-refractivity contribution in [3.8, 4) is 0 Å². The van der Waals surface area contributed by atoms with E-state index in [9.17, 15) is 95.6 Å². The Morgan fingerprint density at radius 2 is 0.558 bits per heavy atom. The first kappa shape index (κ1) is 126. The van der Waals surface area contributed by atoms with Crippen LogP contribution in [0, 0.1) is 65.0 Å². The SMILES string of the molecule is C=CN(C=O)C(=O)NC1CC(C)(C)CC(C)(CN=C=O)C1.C=CN(C=O)C(=O)NC1CC(C)(C)CC(C)(CNC(=O)OCCOC(=O)NCC2(C)CC(NC(=O)N(C=C)C=O)CC(C)(C)C2)C1.C=CN(C=O)C(=O)NCC1(C)CC(N=C=O)CC(C)(C)C1.C=CN(C=O)C(=O)NCC1(C)CC(NC(=O)N(C=C)C=O)CC(C)(C)C1.C=CNC=O.CC1(C)CC(N=C=O)CC(C)(CN=C=O)C1.F[N]=[V]. The van der Waals surface area contributed by atoms with Gasteiger partial charge < -0.3 is 57.3 Å². The summed E-state index contributed by atoms with van der Waals surface area (Å²) in [6, 6.07) is -3.85. The molecule has 0 saturated heterocycles. The van der Waals surface area contributed by atoms with Crippen LogP contribution < -0.4 is 47.9 Å². The zero-order valence-corrected chi connectivity index (χ0v) is 85.1. The number of hydrogen-bond donors (Lipinski definition) is 9. The number of halogens is 1. The fraction of sp³-hybridized carbons (Fsp3) is 0.653. The summed E-state index contributed by atoms with van der Waals surface area (Å²) in [5, 5.41) is 24.7. The number of urea groups is 6. The second-order valence-electron chi connectivity index (χ2n) is 42.5. The molecule has 0 bridgehead atoms. The van der Waals surface area contributed by atoms with Crippen LogP contribution in [-0.2, 0) is 79.4 Å². The van der Waals surface area contributed by atoms with Gasteiger partial charge in [0.1, 0.15) is 13.2 Å². The molecule has 0 aromatic heterocycles. The maximum absolute atomic E-state index is 12.4. The molecular weight excluding hydrogens is 1830 g/mol. The Labute approximate surface area is 820 Å². The molecule has 0 aromatic carbocycles. The van der Waals surface area contributed by atoms with Gasteiger partial charge in [-0.1, -0.05) is 171 Å². The monoisotopic (exact) mass is 1980 g/mol. The van der Waals surface area contributed by atoms with E-state index in [0.717, 1.165) is 131 Å².